The number of benzene rings is 1. The van der Waals surface area contributed by atoms with Gasteiger partial charge in [-0.25, -0.2) is 4.98 Å². The normalized spacial score (nSPS) is 19.6. The summed E-state index contributed by atoms with van der Waals surface area (Å²) in [5.41, 5.74) is 2.81. The number of ether oxygens (including phenoxy) is 1. The van der Waals surface area contributed by atoms with Gasteiger partial charge in [0.1, 0.15) is 17.5 Å². The molecule has 0 spiro atoms. The van der Waals surface area contributed by atoms with Gasteiger partial charge < -0.3 is 4.74 Å². The highest BCUT2D eigenvalue weighted by Gasteiger charge is 2.23. The summed E-state index contributed by atoms with van der Waals surface area (Å²) in [6, 6.07) is 8.06. The highest BCUT2D eigenvalue weighted by atomic mass is 32.1. The summed E-state index contributed by atoms with van der Waals surface area (Å²) in [6.07, 6.45) is 5.50. The molecule has 1 aliphatic carbocycles. The number of hydrogen-bond donors (Lipinski definition) is 0. The van der Waals surface area contributed by atoms with Crippen molar-refractivity contribution < 1.29 is 9.53 Å². The second kappa shape index (κ2) is 7.87. The number of carbonyl (C=O) groups is 1. The minimum atomic E-state index is -0.366. The predicted molar refractivity (Wildman–Crippen MR) is 112 cm³/mol. The zero-order valence-corrected chi connectivity index (χ0v) is 17.0. The van der Waals surface area contributed by atoms with Crippen LogP contribution in [-0.2, 0) is 16.1 Å². The summed E-state index contributed by atoms with van der Waals surface area (Å²) in [7, 11) is 0. The fraction of sp³-hybridized carbons (Fsp3) is 0.409. The van der Waals surface area contributed by atoms with E-state index in [4.69, 9.17) is 4.74 Å². The predicted octanol–water partition coefficient (Wildman–Crippen LogP) is 4.56. The van der Waals surface area contributed by atoms with Gasteiger partial charge in [-0.2, -0.15) is 0 Å². The maximum atomic E-state index is 13.1. The molecule has 0 bridgehead atoms. The molecule has 2 atom stereocenters. The van der Waals surface area contributed by atoms with Crippen LogP contribution in [0.25, 0.3) is 21.3 Å². The molecule has 1 aromatic carbocycles. The summed E-state index contributed by atoms with van der Waals surface area (Å²) in [5.74, 6) is 0.213. The Balaban J connectivity index is 1.59. The van der Waals surface area contributed by atoms with Crippen LogP contribution >= 0.6 is 11.3 Å². The number of hydrogen-bond acceptors (Lipinski definition) is 5. The van der Waals surface area contributed by atoms with Gasteiger partial charge in [-0.05, 0) is 37.7 Å². The van der Waals surface area contributed by atoms with Gasteiger partial charge in [0.15, 0.2) is 0 Å². The second-order valence-electron chi connectivity index (χ2n) is 7.76. The molecule has 0 aliphatic heterocycles. The van der Waals surface area contributed by atoms with Crippen molar-refractivity contribution in [2.45, 2.75) is 52.2 Å². The third-order valence-electron chi connectivity index (χ3n) is 5.41. The molecule has 1 fully saturated rings. The lowest BCUT2D eigenvalue weighted by atomic mass is 9.89. The number of esters is 1. The summed E-state index contributed by atoms with van der Waals surface area (Å²) in [5, 5.41) is 2.52. The number of nitrogens with zero attached hydrogens (tertiary/aromatic N) is 2. The van der Waals surface area contributed by atoms with Crippen LogP contribution in [0.15, 0.2) is 40.8 Å². The molecule has 146 valence electrons. The molecule has 0 saturated heterocycles. The molecule has 2 aromatic heterocycles. The molecule has 4 rings (SSSR count). The van der Waals surface area contributed by atoms with Gasteiger partial charge in [-0.1, -0.05) is 43.2 Å². The monoisotopic (exact) mass is 396 g/mol. The minimum Gasteiger partial charge on any atom is -0.461 e. The maximum Gasteiger partial charge on any atom is 0.326 e. The SMILES string of the molecule is Cc1ccc(-c2csc3ncn(CC(=O)O[C@@H]4CCC[C@@H](C)C4)c(=O)c23)cc1. The Hall–Kier alpha value is -2.47. The van der Waals surface area contributed by atoms with Gasteiger partial charge in [-0.3, -0.25) is 14.2 Å². The van der Waals surface area contributed by atoms with E-state index >= 15 is 0 Å². The van der Waals surface area contributed by atoms with Crippen molar-refractivity contribution in [3.05, 3.63) is 51.9 Å². The topological polar surface area (TPSA) is 61.2 Å². The first-order valence-corrected chi connectivity index (χ1v) is 10.6. The first-order chi connectivity index (χ1) is 13.5. The van der Waals surface area contributed by atoms with E-state index < -0.39 is 0 Å². The van der Waals surface area contributed by atoms with E-state index in [0.717, 1.165) is 30.4 Å². The molecule has 28 heavy (non-hydrogen) atoms. The summed E-state index contributed by atoms with van der Waals surface area (Å²) in [4.78, 5) is 30.5. The molecule has 1 saturated carbocycles. The Kier molecular flexibility index (Phi) is 5.31. The fourth-order valence-corrected chi connectivity index (χ4v) is 4.78. The Labute approximate surface area is 168 Å². The number of rotatable bonds is 4. The first kappa shape index (κ1) is 18.9. The summed E-state index contributed by atoms with van der Waals surface area (Å²) in [6.45, 7) is 4.12. The molecular weight excluding hydrogens is 372 g/mol. The average Bonchev–Trinajstić information content (AvgIpc) is 3.09. The van der Waals surface area contributed by atoms with Gasteiger partial charge >= 0.3 is 5.97 Å². The van der Waals surface area contributed by atoms with Crippen LogP contribution in [0.3, 0.4) is 0 Å². The van der Waals surface area contributed by atoms with E-state index in [9.17, 15) is 9.59 Å². The number of thiophene rings is 1. The van der Waals surface area contributed by atoms with Crippen molar-refractivity contribution in [2.75, 3.05) is 0 Å². The van der Waals surface area contributed by atoms with E-state index in [2.05, 4.69) is 11.9 Å². The highest BCUT2D eigenvalue weighted by molar-refractivity contribution is 7.17. The molecule has 0 N–H and O–H groups in total. The third-order valence-corrected chi connectivity index (χ3v) is 6.30. The van der Waals surface area contributed by atoms with Gasteiger partial charge in [0.05, 0.1) is 11.7 Å². The fourth-order valence-electron chi connectivity index (χ4n) is 3.87. The van der Waals surface area contributed by atoms with E-state index in [-0.39, 0.29) is 24.2 Å². The van der Waals surface area contributed by atoms with Crippen molar-refractivity contribution in [3.63, 3.8) is 0 Å². The Bertz CT molecular complexity index is 1050. The maximum absolute atomic E-state index is 13.1. The smallest absolute Gasteiger partial charge is 0.326 e. The minimum absolute atomic E-state index is 0.0343. The molecule has 1 aliphatic rings. The lowest BCUT2D eigenvalue weighted by molar-refractivity contribution is -0.152. The quantitative estimate of drug-likeness (QED) is 0.607. The molecule has 0 radical (unpaired) electrons. The zero-order chi connectivity index (χ0) is 19.7. The van der Waals surface area contributed by atoms with Crippen LogP contribution in [0, 0.1) is 12.8 Å². The van der Waals surface area contributed by atoms with E-state index in [0.29, 0.717) is 16.1 Å². The van der Waals surface area contributed by atoms with Crippen molar-refractivity contribution in [3.8, 4) is 11.1 Å². The van der Waals surface area contributed by atoms with Crippen molar-refractivity contribution in [2.24, 2.45) is 5.92 Å². The van der Waals surface area contributed by atoms with Crippen molar-refractivity contribution in [1.82, 2.24) is 9.55 Å². The molecular formula is C22H24N2O3S. The van der Waals surface area contributed by atoms with E-state index in [1.807, 2.05) is 36.6 Å². The van der Waals surface area contributed by atoms with Crippen LogP contribution in [-0.4, -0.2) is 21.6 Å². The zero-order valence-electron chi connectivity index (χ0n) is 16.2. The van der Waals surface area contributed by atoms with Crippen LogP contribution in [0.1, 0.15) is 38.2 Å². The molecule has 0 amide bonds. The van der Waals surface area contributed by atoms with E-state index in [1.165, 1.54) is 34.2 Å². The lowest BCUT2D eigenvalue weighted by Crippen LogP contribution is -2.30. The first-order valence-electron chi connectivity index (χ1n) is 9.74. The van der Waals surface area contributed by atoms with Crippen LogP contribution < -0.4 is 5.56 Å². The van der Waals surface area contributed by atoms with Crippen molar-refractivity contribution >= 4 is 27.5 Å². The Morgan fingerprint density at radius 1 is 1.29 bits per heavy atom. The molecule has 0 unspecified atom stereocenters. The molecule has 2 heterocycles. The summed E-state index contributed by atoms with van der Waals surface area (Å²) < 4.78 is 6.98. The summed E-state index contributed by atoms with van der Waals surface area (Å²) >= 11 is 1.44. The highest BCUT2D eigenvalue weighted by Crippen LogP contribution is 2.31. The van der Waals surface area contributed by atoms with Crippen LogP contribution in [0.2, 0.25) is 0 Å². The number of aryl methyl sites for hydroxylation is 1. The van der Waals surface area contributed by atoms with Gasteiger partial charge in [0.2, 0.25) is 0 Å². The second-order valence-corrected chi connectivity index (χ2v) is 8.61. The lowest BCUT2D eigenvalue weighted by Gasteiger charge is -2.26. The largest absolute Gasteiger partial charge is 0.461 e. The van der Waals surface area contributed by atoms with Crippen molar-refractivity contribution in [1.29, 1.82) is 0 Å². The number of fused-ring (bicyclic) bond motifs is 1. The van der Waals surface area contributed by atoms with Gasteiger partial charge in [0.25, 0.3) is 5.56 Å². The average molecular weight is 397 g/mol. The Morgan fingerprint density at radius 2 is 2.07 bits per heavy atom. The molecule has 3 aromatic rings. The van der Waals surface area contributed by atoms with Crippen LogP contribution in [0.5, 0.6) is 0 Å². The third kappa shape index (κ3) is 3.87. The van der Waals surface area contributed by atoms with Gasteiger partial charge in [0, 0.05) is 10.9 Å². The number of carbonyl (C=O) groups excluding carboxylic acids is 1. The van der Waals surface area contributed by atoms with E-state index in [1.54, 1.807) is 0 Å². The Morgan fingerprint density at radius 3 is 2.82 bits per heavy atom. The molecule has 6 heteroatoms. The number of aromatic nitrogens is 2. The standard InChI is InChI=1S/C22H24N2O3S/c1-14-6-8-16(9-7-14)18-12-28-21-20(18)22(26)24(13-23-21)11-19(25)27-17-5-3-4-15(2)10-17/h6-9,12-13,15,17H,3-5,10-11H2,1-2H3/t15-,17-/m1/s1. The van der Waals surface area contributed by atoms with Gasteiger partial charge in [-0.15, -0.1) is 11.3 Å². The van der Waals surface area contributed by atoms with Crippen LogP contribution in [0.4, 0.5) is 0 Å². The molecule has 5 nitrogen and oxygen atoms in total.